The van der Waals surface area contributed by atoms with Gasteiger partial charge >= 0.3 is 0 Å². The molecule has 0 N–H and O–H groups in total. The molecule has 4 heteroatoms. The lowest BCUT2D eigenvalue weighted by atomic mass is 9.84. The van der Waals surface area contributed by atoms with Crippen LogP contribution in [0.3, 0.4) is 0 Å². The summed E-state index contributed by atoms with van der Waals surface area (Å²) >= 11 is 0. The molecule has 2 heterocycles. The molecule has 10 aromatic carbocycles. The van der Waals surface area contributed by atoms with E-state index in [9.17, 15) is 0 Å². The maximum absolute atomic E-state index is 5.34. The third kappa shape index (κ3) is 8.45. The van der Waals surface area contributed by atoms with Crippen molar-refractivity contribution in [3.63, 3.8) is 0 Å². The largest absolute Gasteiger partial charge is 0.308 e. The van der Waals surface area contributed by atoms with Gasteiger partial charge in [0, 0.05) is 38.9 Å². The average Bonchev–Trinajstić information content (AvgIpc) is 3.80. The molecule has 0 aliphatic heterocycles. The van der Waals surface area contributed by atoms with Gasteiger partial charge in [-0.25, -0.2) is 15.0 Å². The maximum atomic E-state index is 5.34. The number of aromatic nitrogens is 4. The van der Waals surface area contributed by atoms with E-state index in [-0.39, 0.29) is 5.92 Å². The number of allylic oxidation sites excluding steroid dienone is 4. The molecule has 13 rings (SSSR count). The highest BCUT2D eigenvalue weighted by Gasteiger charge is 2.27. The molecule has 344 valence electrons. The molecular formula is C69H48N4. The van der Waals surface area contributed by atoms with Crippen molar-refractivity contribution in [3.05, 3.63) is 284 Å². The van der Waals surface area contributed by atoms with E-state index in [1.807, 2.05) is 36.4 Å². The Morgan fingerprint density at radius 1 is 0.329 bits per heavy atom. The first kappa shape index (κ1) is 43.5. The second-order valence-electron chi connectivity index (χ2n) is 18.7. The molecule has 1 aliphatic carbocycles. The summed E-state index contributed by atoms with van der Waals surface area (Å²) in [4.78, 5) is 15.8. The van der Waals surface area contributed by atoms with Crippen LogP contribution < -0.4 is 0 Å². The highest BCUT2D eigenvalue weighted by molar-refractivity contribution is 6.12. The van der Waals surface area contributed by atoms with Crippen molar-refractivity contribution in [2.45, 2.75) is 12.3 Å². The van der Waals surface area contributed by atoms with Crippen molar-refractivity contribution < 1.29 is 0 Å². The second kappa shape index (κ2) is 19.0. The second-order valence-corrected chi connectivity index (χ2v) is 18.7. The highest BCUT2D eigenvalue weighted by atomic mass is 15.0. The zero-order valence-corrected chi connectivity index (χ0v) is 40.1. The zero-order chi connectivity index (χ0) is 48.5. The summed E-state index contributed by atoms with van der Waals surface area (Å²) in [6, 6.07) is 91.0. The molecule has 4 nitrogen and oxygen atoms in total. The van der Waals surface area contributed by atoms with Gasteiger partial charge in [-0.3, -0.25) is 0 Å². The summed E-state index contributed by atoms with van der Waals surface area (Å²) in [7, 11) is 0. The fraction of sp³-hybridized carbons (Fsp3) is 0.0290. The first-order valence-corrected chi connectivity index (χ1v) is 25.0. The van der Waals surface area contributed by atoms with E-state index < -0.39 is 0 Å². The first-order chi connectivity index (χ1) is 36.2. The summed E-state index contributed by atoms with van der Waals surface area (Å²) < 4.78 is 2.54. The first-order valence-electron chi connectivity index (χ1n) is 25.0. The van der Waals surface area contributed by atoms with Gasteiger partial charge in [-0.2, -0.15) is 0 Å². The molecule has 1 aliphatic rings. The smallest absolute Gasteiger partial charge is 0.164 e. The lowest BCUT2D eigenvalue weighted by molar-refractivity contribution is 0.846. The van der Waals surface area contributed by atoms with Crippen molar-refractivity contribution in [1.29, 1.82) is 0 Å². The Morgan fingerprint density at radius 2 is 0.712 bits per heavy atom. The number of hydrogen-bond donors (Lipinski definition) is 0. The van der Waals surface area contributed by atoms with E-state index in [0.717, 1.165) is 56.5 Å². The van der Waals surface area contributed by atoms with E-state index in [1.165, 1.54) is 55.3 Å². The maximum Gasteiger partial charge on any atom is 0.164 e. The summed E-state index contributed by atoms with van der Waals surface area (Å²) in [5, 5.41) is 2.38. The van der Waals surface area contributed by atoms with Gasteiger partial charge in [-0.05, 0) is 98.5 Å². The van der Waals surface area contributed by atoms with Gasteiger partial charge in [0.1, 0.15) is 0 Å². The molecule has 1 unspecified atom stereocenters. The Kier molecular flexibility index (Phi) is 11.3. The van der Waals surface area contributed by atoms with Crippen LogP contribution in [0.2, 0.25) is 0 Å². The lowest BCUT2D eigenvalue weighted by Gasteiger charge is -2.26. The Morgan fingerprint density at radius 3 is 1.16 bits per heavy atom. The van der Waals surface area contributed by atoms with E-state index in [1.54, 1.807) is 0 Å². The van der Waals surface area contributed by atoms with Crippen molar-refractivity contribution in [1.82, 2.24) is 19.5 Å². The van der Waals surface area contributed by atoms with Gasteiger partial charge in [0.15, 0.2) is 17.5 Å². The predicted octanol–water partition coefficient (Wildman–Crippen LogP) is 17.8. The fourth-order valence-corrected chi connectivity index (χ4v) is 10.5. The quantitative estimate of drug-likeness (QED) is 0.137. The van der Waals surface area contributed by atoms with Crippen molar-refractivity contribution in [2.24, 2.45) is 0 Å². The molecule has 0 spiro atoms. The number of hydrogen-bond acceptors (Lipinski definition) is 3. The topological polar surface area (TPSA) is 43.6 Å². The predicted molar refractivity (Wildman–Crippen MR) is 303 cm³/mol. The van der Waals surface area contributed by atoms with Crippen LogP contribution in [-0.2, 0) is 0 Å². The van der Waals surface area contributed by atoms with E-state index in [4.69, 9.17) is 15.0 Å². The minimum Gasteiger partial charge on any atom is -0.308 e. The normalized spacial score (nSPS) is 13.3. The van der Waals surface area contributed by atoms with Crippen molar-refractivity contribution in [2.75, 3.05) is 0 Å². The Bertz CT molecular complexity index is 3840. The Hall–Kier alpha value is -9.51. The summed E-state index contributed by atoms with van der Waals surface area (Å²) in [5.41, 5.74) is 19.0. The lowest BCUT2D eigenvalue weighted by Crippen LogP contribution is -2.09. The van der Waals surface area contributed by atoms with Crippen LogP contribution in [0.4, 0.5) is 0 Å². The SMILES string of the molecule is C1=CC(c2cc(-c3nc(-c4ccccc4)nc(-c4ccccc4)n3)cc(-c3ccc(-c4ccccc4)cc3)c2-n2c3ccc(-c4ccccc4)cc3c3cc(-c4ccccc4)ccc32)CC=C1c1ccccc1. The average molecular weight is 933 g/mol. The van der Waals surface area contributed by atoms with Gasteiger partial charge in [-0.1, -0.05) is 237 Å². The fourth-order valence-electron chi connectivity index (χ4n) is 10.5. The van der Waals surface area contributed by atoms with E-state index in [2.05, 4.69) is 241 Å². The minimum absolute atomic E-state index is 0.00784. The number of nitrogens with zero attached hydrogens (tertiary/aromatic N) is 4. The van der Waals surface area contributed by atoms with Gasteiger partial charge < -0.3 is 4.57 Å². The molecule has 0 bridgehead atoms. The molecule has 0 saturated heterocycles. The van der Waals surface area contributed by atoms with Gasteiger partial charge in [0.05, 0.1) is 16.7 Å². The van der Waals surface area contributed by atoms with Gasteiger partial charge in [0.25, 0.3) is 0 Å². The molecule has 73 heavy (non-hydrogen) atoms. The van der Waals surface area contributed by atoms with Crippen molar-refractivity contribution in [3.8, 4) is 84.4 Å². The summed E-state index contributed by atoms with van der Waals surface area (Å²) in [5.74, 6) is 1.88. The minimum atomic E-state index is 0.00784. The Balaban J connectivity index is 1.11. The molecule has 12 aromatic rings. The molecular weight excluding hydrogens is 885 g/mol. The van der Waals surface area contributed by atoms with Gasteiger partial charge in [0.2, 0.25) is 0 Å². The van der Waals surface area contributed by atoms with Crippen LogP contribution in [0.25, 0.3) is 112 Å². The molecule has 0 radical (unpaired) electrons. The third-order valence-corrected chi connectivity index (χ3v) is 14.2. The molecule has 0 fully saturated rings. The molecule has 1 atom stereocenters. The van der Waals surface area contributed by atoms with E-state index in [0.29, 0.717) is 17.5 Å². The number of fused-ring (bicyclic) bond motifs is 3. The zero-order valence-electron chi connectivity index (χ0n) is 40.1. The molecule has 0 amide bonds. The highest BCUT2D eigenvalue weighted by Crippen LogP contribution is 2.46. The summed E-state index contributed by atoms with van der Waals surface area (Å²) in [6.45, 7) is 0. The van der Waals surface area contributed by atoms with Crippen LogP contribution in [0, 0.1) is 0 Å². The van der Waals surface area contributed by atoms with Crippen LogP contribution in [0.5, 0.6) is 0 Å². The molecule has 2 aromatic heterocycles. The van der Waals surface area contributed by atoms with Gasteiger partial charge in [-0.15, -0.1) is 0 Å². The van der Waals surface area contributed by atoms with Crippen molar-refractivity contribution >= 4 is 27.4 Å². The molecule has 0 saturated carbocycles. The summed E-state index contributed by atoms with van der Waals surface area (Å²) in [6.07, 6.45) is 7.92. The van der Waals surface area contributed by atoms with Crippen LogP contribution in [0.1, 0.15) is 23.5 Å². The van der Waals surface area contributed by atoms with Crippen LogP contribution in [-0.4, -0.2) is 19.5 Å². The van der Waals surface area contributed by atoms with E-state index >= 15 is 0 Å². The van der Waals surface area contributed by atoms with Crippen LogP contribution >= 0.6 is 0 Å². The standard InChI is InChI=1S/C69H48N4/c1-7-19-47(20-8-1)51-31-35-53(36-32-51)60-45-59(69-71-67(55-27-15-5-16-28-55)70-68(72-69)56-29-17-6-18-30-56)46-61(54-37-33-52(34-38-54)48-21-9-2-10-22-48)66(60)73-64-41-39-57(49-23-11-3-12-24-49)43-62(64)63-44-58(40-42-65(63)73)50-25-13-4-14-26-50/h1-37,39-46,54H,38H2. The number of rotatable bonds is 10. The third-order valence-electron chi connectivity index (χ3n) is 14.2. The number of benzene rings is 10. The monoisotopic (exact) mass is 932 g/mol. The Labute approximate surface area is 425 Å². The van der Waals surface area contributed by atoms with Crippen LogP contribution in [0.15, 0.2) is 273 Å².